The number of allylic oxidation sites excluding steroid dienone is 7. The largest absolute Gasteiger partial charge is 0.479 e. The zero-order valence-corrected chi connectivity index (χ0v) is 64.5. The lowest BCUT2D eigenvalue weighted by Gasteiger charge is -2.38. The number of fused-ring (bicyclic) bond motifs is 2. The number of aliphatic hydroxyl groups is 10. The third-order valence-electron chi connectivity index (χ3n) is 20.4. The number of esters is 1. The van der Waals surface area contributed by atoms with Crippen LogP contribution in [0.4, 0.5) is 0 Å². The number of aliphatic hydroxyl groups excluding tert-OH is 10. The Labute approximate surface area is 607 Å². The summed E-state index contributed by atoms with van der Waals surface area (Å²) in [4.78, 5) is 80.6. The first-order chi connectivity index (χ1) is 47.3. The molecule has 582 valence electrons. The predicted molar refractivity (Wildman–Crippen MR) is 393 cm³/mol. The molecular weight excluding hydrogens is 1310 g/mol. The highest BCUT2D eigenvalue weighted by Gasteiger charge is 2.43. The van der Waals surface area contributed by atoms with Crippen molar-refractivity contribution in [3.05, 3.63) is 95.7 Å². The number of carboxylic acid groups (broad SMARTS) is 1. The summed E-state index contributed by atoms with van der Waals surface area (Å²) in [6, 6.07) is -4.46. The lowest BCUT2D eigenvalue weighted by atomic mass is 9.77. The van der Waals surface area contributed by atoms with E-state index in [9.17, 15) is 84.9 Å². The summed E-state index contributed by atoms with van der Waals surface area (Å²) in [5, 5.41) is 132. The van der Waals surface area contributed by atoms with Gasteiger partial charge in [-0.05, 0) is 139 Å². The molecule has 24 atom stereocenters. The number of ether oxygens (including phenoxy) is 3. The molecule has 0 spiro atoms. The van der Waals surface area contributed by atoms with Crippen LogP contribution in [0, 0.1) is 64.1 Å². The van der Waals surface area contributed by atoms with E-state index in [1.54, 1.807) is 108 Å². The standard InChI is InChI=1S/C79H131N3O20/c1-43(2)37-57(80-64(87)35-36-78(16,17)73(94)54(14)67(88)44(3)4)74(95)79(18,19)42-50(10)69(90)46(6)31-33-58(84)52(12)75(96)82-65(55(15)83)71(92)53(13)60-34-32-47(7)68(89)48(8)40-49(9)70(91)51(11)59(85)41-56-38-45(5)39-62(101-56)61(100-20)29-27-25-23-21-22-24-26-28-30-63(86)81-66(77(99)102-60)72(93)76(97)98/h23-30,32,35-36,40,42-46,48,51-62,65-72,74,83-85,88-93,95H,21-22,31,33-34,37-39,41H2,1-20H3,(H,80,87)(H,81,86)(H,82,96)(H,97,98)/b25-23+,26-24+,29-27+,30-28+,36-35+,47-32+,49-40+,50-42+/t45-,46-,48+,51-,52+,53-,54+,55-,56-,57-,58+,59+,60+,61+,62+,65+,66-,67+,68+,69+,70+,71-,72+,74+/m0/s1. The number of cyclic esters (lactones) is 1. The highest BCUT2D eigenvalue weighted by molar-refractivity contribution is 5.94. The van der Waals surface area contributed by atoms with Gasteiger partial charge in [0, 0.05) is 54.1 Å². The van der Waals surface area contributed by atoms with E-state index in [1.165, 1.54) is 45.1 Å². The minimum atomic E-state index is -2.53. The molecule has 102 heavy (non-hydrogen) atoms. The molecule has 0 saturated carbocycles. The van der Waals surface area contributed by atoms with Crippen molar-refractivity contribution >= 4 is 35.4 Å². The van der Waals surface area contributed by atoms with Crippen LogP contribution in [0.15, 0.2) is 95.7 Å². The fourth-order valence-electron chi connectivity index (χ4n) is 13.4. The average Bonchev–Trinajstić information content (AvgIpc) is 0.843. The quantitative estimate of drug-likeness (QED) is 0.0217. The Kier molecular flexibility index (Phi) is 39.7. The summed E-state index contributed by atoms with van der Waals surface area (Å²) in [6.45, 7) is 32.5. The molecule has 23 heteroatoms. The Balaban J connectivity index is 2.47. The second-order valence-electron chi connectivity index (χ2n) is 31.3. The SMILES string of the molecule is CO[C@@H]1/C=C/C=C/CC/C=C/C=C/C(=O)N[C@@H]([C@@H](O)C(=O)O)C(=O)O[C@@H]([C@H](C)[C@H](O)[C@H](NC(=O)[C@H](C)[C@H](O)CC[C@H](C)[C@@H](O)/C(C)=C/C(C)(C)[C@H](O)[C@H](CC(C)C)NC(=O)/C=C/C(C)(C)C(=O)[C@H](C)[C@H](O)C(C)C)[C@H](C)O)C/C=C(\C)[C@@H](O)[C@H](C)/C=C(\C)[C@@H](O)[C@@H](C)[C@H](O)C[C@@H]2C[C@H](C)C[C@H]1O2. The highest BCUT2D eigenvalue weighted by atomic mass is 16.6. The minimum absolute atomic E-state index is 0.00108. The molecule has 23 nitrogen and oxygen atoms in total. The molecule has 2 rings (SSSR count). The molecule has 1 fully saturated rings. The van der Waals surface area contributed by atoms with Gasteiger partial charge in [0.05, 0.1) is 85.1 Å². The number of nitrogens with one attached hydrogen (secondary N) is 3. The molecule has 0 aliphatic carbocycles. The van der Waals surface area contributed by atoms with Gasteiger partial charge >= 0.3 is 11.9 Å². The van der Waals surface area contributed by atoms with Gasteiger partial charge in [-0.25, -0.2) is 9.59 Å². The molecule has 0 unspecified atom stereocenters. The fourth-order valence-corrected chi connectivity index (χ4v) is 13.4. The highest BCUT2D eigenvalue weighted by Crippen LogP contribution is 2.35. The van der Waals surface area contributed by atoms with Gasteiger partial charge in [0.1, 0.15) is 18.0 Å². The van der Waals surface area contributed by atoms with Gasteiger partial charge in [-0.2, -0.15) is 0 Å². The fraction of sp³-hybridized carbons (Fsp3) is 0.722. The number of rotatable bonds is 27. The summed E-state index contributed by atoms with van der Waals surface area (Å²) < 4.78 is 18.2. The molecular formula is C79H131N3O20. The van der Waals surface area contributed by atoms with Crippen molar-refractivity contribution in [2.24, 2.45) is 64.1 Å². The maximum Gasteiger partial charge on any atom is 0.335 e. The van der Waals surface area contributed by atoms with Crippen molar-refractivity contribution < 1.29 is 99.1 Å². The van der Waals surface area contributed by atoms with Gasteiger partial charge in [-0.1, -0.05) is 157 Å². The third kappa shape index (κ3) is 29.8. The van der Waals surface area contributed by atoms with Crippen LogP contribution in [0.3, 0.4) is 0 Å². The van der Waals surface area contributed by atoms with E-state index in [1.807, 2.05) is 52.0 Å². The van der Waals surface area contributed by atoms with E-state index < -0.39 is 161 Å². The van der Waals surface area contributed by atoms with Crippen molar-refractivity contribution in [2.75, 3.05) is 7.11 Å². The maximum absolute atomic E-state index is 14.2. The number of hydrogen-bond donors (Lipinski definition) is 14. The molecule has 0 radical (unpaired) electrons. The molecule has 0 aromatic carbocycles. The van der Waals surface area contributed by atoms with Crippen LogP contribution in [0.25, 0.3) is 0 Å². The van der Waals surface area contributed by atoms with Gasteiger partial charge < -0.3 is 86.3 Å². The first-order valence-electron chi connectivity index (χ1n) is 36.6. The third-order valence-corrected chi connectivity index (χ3v) is 20.4. The molecule has 3 amide bonds. The molecule has 2 aliphatic rings. The molecule has 0 aromatic heterocycles. The van der Waals surface area contributed by atoms with Crippen LogP contribution in [0.5, 0.6) is 0 Å². The van der Waals surface area contributed by atoms with Crippen molar-refractivity contribution in [1.29, 1.82) is 0 Å². The van der Waals surface area contributed by atoms with Crippen LogP contribution in [-0.2, 0) is 43.0 Å². The summed E-state index contributed by atoms with van der Waals surface area (Å²) in [7, 11) is 1.61. The Hall–Kier alpha value is -5.54. The lowest BCUT2D eigenvalue weighted by Crippen LogP contribution is -2.57. The molecule has 14 N–H and O–H groups in total. The van der Waals surface area contributed by atoms with E-state index >= 15 is 0 Å². The summed E-state index contributed by atoms with van der Waals surface area (Å²) >= 11 is 0. The van der Waals surface area contributed by atoms with Gasteiger partial charge in [0.15, 0.2) is 12.1 Å². The zero-order valence-electron chi connectivity index (χ0n) is 64.5. The van der Waals surface area contributed by atoms with Gasteiger partial charge in [-0.3, -0.25) is 19.2 Å². The summed E-state index contributed by atoms with van der Waals surface area (Å²) in [5.74, 6) is -10.6. The van der Waals surface area contributed by atoms with E-state index in [2.05, 4.69) is 22.9 Å². The Morgan fingerprint density at radius 3 is 1.95 bits per heavy atom. The topological polar surface area (TPSA) is 389 Å². The van der Waals surface area contributed by atoms with E-state index in [4.69, 9.17) is 14.2 Å². The smallest absolute Gasteiger partial charge is 0.335 e. The molecule has 2 heterocycles. The number of Topliss-reactive ketones (excluding diaryl/α,β-unsaturated/α-hetero) is 1. The van der Waals surface area contributed by atoms with Gasteiger partial charge in [0.2, 0.25) is 17.7 Å². The minimum Gasteiger partial charge on any atom is -0.479 e. The van der Waals surface area contributed by atoms with Gasteiger partial charge in [-0.15, -0.1) is 0 Å². The number of amides is 3. The van der Waals surface area contributed by atoms with Crippen LogP contribution in [-0.4, -0.2) is 202 Å². The number of ketones is 1. The molecule has 1 saturated heterocycles. The summed E-state index contributed by atoms with van der Waals surface area (Å²) in [5.41, 5.74) is -0.795. The van der Waals surface area contributed by atoms with E-state index in [0.29, 0.717) is 42.4 Å². The number of hydrogen-bond acceptors (Lipinski definition) is 19. The van der Waals surface area contributed by atoms with Crippen LogP contribution in [0.1, 0.15) is 189 Å². The normalized spacial score (nSPS) is 30.4. The lowest BCUT2D eigenvalue weighted by molar-refractivity contribution is -0.167. The average molecular weight is 1440 g/mol. The zero-order chi connectivity index (χ0) is 78.0. The number of carboxylic acids is 1. The van der Waals surface area contributed by atoms with Crippen molar-refractivity contribution in [3.8, 4) is 0 Å². The molecule has 0 aromatic rings. The number of methoxy groups -OCH3 is 1. The van der Waals surface area contributed by atoms with Crippen molar-refractivity contribution in [3.63, 3.8) is 0 Å². The monoisotopic (exact) mass is 1440 g/mol. The van der Waals surface area contributed by atoms with Crippen LogP contribution >= 0.6 is 0 Å². The molecule has 2 aliphatic heterocycles. The second kappa shape index (κ2) is 43.8. The van der Waals surface area contributed by atoms with E-state index in [-0.39, 0.29) is 67.5 Å². The first-order valence-corrected chi connectivity index (χ1v) is 36.6. The van der Waals surface area contributed by atoms with Crippen LogP contribution in [0.2, 0.25) is 0 Å². The predicted octanol–water partition coefficient (Wildman–Crippen LogP) is 7.38. The molecule has 2 bridgehead atoms. The number of aliphatic carboxylic acids is 1. The van der Waals surface area contributed by atoms with Crippen LogP contribution < -0.4 is 16.0 Å². The summed E-state index contributed by atoms with van der Waals surface area (Å²) in [6.07, 6.45) is 8.19. The Bertz CT molecular complexity index is 2890. The first kappa shape index (κ1) is 92.5. The number of carbonyl (C=O) groups excluding carboxylic acids is 5. The van der Waals surface area contributed by atoms with Crippen molar-refractivity contribution in [1.82, 2.24) is 16.0 Å². The second-order valence-corrected chi connectivity index (χ2v) is 31.3. The van der Waals surface area contributed by atoms with Gasteiger partial charge in [0.25, 0.3) is 0 Å². The van der Waals surface area contributed by atoms with Crippen molar-refractivity contribution in [2.45, 2.75) is 293 Å². The Morgan fingerprint density at radius 1 is 0.775 bits per heavy atom. The Morgan fingerprint density at radius 2 is 1.38 bits per heavy atom. The van der Waals surface area contributed by atoms with E-state index in [0.717, 1.165) is 12.5 Å². The maximum atomic E-state index is 14.2. The number of carbonyl (C=O) groups is 6.